The molecule has 0 N–H and O–H groups in total. The first-order valence-corrected chi connectivity index (χ1v) is 7.06. The zero-order valence-corrected chi connectivity index (χ0v) is 11.9. The van der Waals surface area contributed by atoms with Gasteiger partial charge in [0, 0.05) is 6.08 Å². The second kappa shape index (κ2) is 6.26. The van der Waals surface area contributed by atoms with Gasteiger partial charge in [-0.25, -0.2) is 9.69 Å². The molecule has 4 nitrogen and oxygen atoms in total. The van der Waals surface area contributed by atoms with Crippen LogP contribution in [0.4, 0.5) is 4.79 Å². The van der Waals surface area contributed by atoms with E-state index in [1.54, 1.807) is 6.08 Å². The van der Waals surface area contributed by atoms with E-state index in [0.717, 1.165) is 21.6 Å². The Labute approximate surface area is 128 Å². The topological polar surface area (TPSA) is 46.6 Å². The molecule has 2 aromatic carbocycles. The number of cyclic esters (lactones) is 1. The lowest BCUT2D eigenvalue weighted by atomic mass is 9.99. The first-order valence-electron chi connectivity index (χ1n) is 7.06. The number of carbonyl (C=O) groups excluding carboxylic acids is 2. The number of imide groups is 1. The van der Waals surface area contributed by atoms with E-state index < -0.39 is 6.09 Å². The average molecular weight is 293 g/mol. The SMILES string of the molecule is O=C(C=Cc1ccccc1-c1ccccc1)N1CCOC1=O. The van der Waals surface area contributed by atoms with Crippen molar-refractivity contribution in [3.63, 3.8) is 0 Å². The lowest BCUT2D eigenvalue weighted by Crippen LogP contribution is -2.29. The van der Waals surface area contributed by atoms with Gasteiger partial charge in [0.25, 0.3) is 5.91 Å². The van der Waals surface area contributed by atoms with E-state index >= 15 is 0 Å². The maximum absolute atomic E-state index is 12.0. The Hall–Kier alpha value is -2.88. The minimum Gasteiger partial charge on any atom is -0.447 e. The molecule has 1 aliphatic heterocycles. The van der Waals surface area contributed by atoms with Crippen molar-refractivity contribution in [2.45, 2.75) is 0 Å². The van der Waals surface area contributed by atoms with Crippen molar-refractivity contribution in [2.75, 3.05) is 13.2 Å². The summed E-state index contributed by atoms with van der Waals surface area (Å²) in [5.41, 5.74) is 3.04. The van der Waals surface area contributed by atoms with Gasteiger partial charge in [-0.15, -0.1) is 0 Å². The summed E-state index contributed by atoms with van der Waals surface area (Å²) < 4.78 is 4.76. The number of rotatable bonds is 3. The smallest absolute Gasteiger partial charge is 0.416 e. The van der Waals surface area contributed by atoms with Gasteiger partial charge in [0.2, 0.25) is 0 Å². The molecule has 0 aromatic heterocycles. The van der Waals surface area contributed by atoms with Crippen LogP contribution in [0, 0.1) is 0 Å². The number of hydrogen-bond acceptors (Lipinski definition) is 3. The molecule has 0 radical (unpaired) electrons. The molecule has 3 rings (SSSR count). The summed E-state index contributed by atoms with van der Waals surface area (Å²) in [5, 5.41) is 0. The Kier molecular flexibility index (Phi) is 4.01. The van der Waals surface area contributed by atoms with Crippen LogP contribution in [0.15, 0.2) is 60.7 Å². The molecule has 4 heteroatoms. The Balaban J connectivity index is 1.85. The predicted molar refractivity (Wildman–Crippen MR) is 84.0 cm³/mol. The Morgan fingerprint density at radius 1 is 1.05 bits per heavy atom. The number of nitrogens with zero attached hydrogens (tertiary/aromatic N) is 1. The lowest BCUT2D eigenvalue weighted by Gasteiger charge is -2.08. The normalized spacial score (nSPS) is 14.4. The van der Waals surface area contributed by atoms with Crippen LogP contribution in [-0.4, -0.2) is 30.1 Å². The largest absolute Gasteiger partial charge is 0.447 e. The molecular weight excluding hydrogens is 278 g/mol. The van der Waals surface area contributed by atoms with Gasteiger partial charge in [0.15, 0.2) is 0 Å². The summed E-state index contributed by atoms with van der Waals surface area (Å²) in [6.07, 6.45) is 2.57. The van der Waals surface area contributed by atoms with Gasteiger partial charge in [0.1, 0.15) is 6.61 Å². The van der Waals surface area contributed by atoms with Gasteiger partial charge in [-0.1, -0.05) is 54.6 Å². The highest BCUT2D eigenvalue weighted by molar-refractivity contribution is 6.02. The molecule has 22 heavy (non-hydrogen) atoms. The fourth-order valence-electron chi connectivity index (χ4n) is 2.37. The van der Waals surface area contributed by atoms with Crippen molar-refractivity contribution in [3.05, 3.63) is 66.2 Å². The highest BCUT2D eigenvalue weighted by atomic mass is 16.6. The van der Waals surface area contributed by atoms with Crippen LogP contribution >= 0.6 is 0 Å². The zero-order chi connectivity index (χ0) is 15.4. The van der Waals surface area contributed by atoms with Gasteiger partial charge in [-0.05, 0) is 22.8 Å². The summed E-state index contributed by atoms with van der Waals surface area (Å²) in [6, 6.07) is 17.8. The van der Waals surface area contributed by atoms with E-state index in [9.17, 15) is 9.59 Å². The Morgan fingerprint density at radius 2 is 1.77 bits per heavy atom. The van der Waals surface area contributed by atoms with E-state index in [2.05, 4.69) is 0 Å². The maximum atomic E-state index is 12.0. The zero-order valence-electron chi connectivity index (χ0n) is 11.9. The van der Waals surface area contributed by atoms with Crippen LogP contribution in [0.3, 0.4) is 0 Å². The molecule has 1 fully saturated rings. The molecule has 1 saturated heterocycles. The molecular formula is C18H15NO3. The van der Waals surface area contributed by atoms with Crippen molar-refractivity contribution >= 4 is 18.1 Å². The molecule has 0 aliphatic carbocycles. The summed E-state index contributed by atoms with van der Waals surface area (Å²) >= 11 is 0. The number of hydrogen-bond donors (Lipinski definition) is 0. The van der Waals surface area contributed by atoms with Crippen LogP contribution < -0.4 is 0 Å². The molecule has 0 atom stereocenters. The second-order valence-electron chi connectivity index (χ2n) is 4.89. The quantitative estimate of drug-likeness (QED) is 0.815. The third-order valence-electron chi connectivity index (χ3n) is 3.48. The van der Waals surface area contributed by atoms with Crippen LogP contribution in [0.2, 0.25) is 0 Å². The monoisotopic (exact) mass is 293 g/mol. The first-order chi connectivity index (χ1) is 10.8. The van der Waals surface area contributed by atoms with Crippen LogP contribution in [0.5, 0.6) is 0 Å². The fourth-order valence-corrected chi connectivity index (χ4v) is 2.37. The van der Waals surface area contributed by atoms with Gasteiger partial charge < -0.3 is 4.74 Å². The fraction of sp³-hybridized carbons (Fsp3) is 0.111. The van der Waals surface area contributed by atoms with Crippen molar-refractivity contribution in [2.24, 2.45) is 0 Å². The van der Waals surface area contributed by atoms with E-state index in [-0.39, 0.29) is 12.5 Å². The Bertz CT molecular complexity index is 722. The molecule has 2 amide bonds. The number of ether oxygens (including phenoxy) is 1. The number of amides is 2. The van der Waals surface area contributed by atoms with Crippen molar-refractivity contribution in [1.29, 1.82) is 0 Å². The van der Waals surface area contributed by atoms with Gasteiger partial charge in [0.05, 0.1) is 6.54 Å². The van der Waals surface area contributed by atoms with Crippen LogP contribution in [0.1, 0.15) is 5.56 Å². The molecule has 0 saturated carbocycles. The van der Waals surface area contributed by atoms with Gasteiger partial charge in [-0.2, -0.15) is 0 Å². The summed E-state index contributed by atoms with van der Waals surface area (Å²) in [7, 11) is 0. The van der Waals surface area contributed by atoms with Gasteiger partial charge >= 0.3 is 6.09 Å². The highest BCUT2D eigenvalue weighted by Crippen LogP contribution is 2.24. The second-order valence-corrected chi connectivity index (χ2v) is 4.89. The number of benzene rings is 2. The summed E-state index contributed by atoms with van der Waals surface area (Å²) in [4.78, 5) is 24.5. The van der Waals surface area contributed by atoms with Crippen LogP contribution in [0.25, 0.3) is 17.2 Å². The van der Waals surface area contributed by atoms with Crippen molar-refractivity contribution in [3.8, 4) is 11.1 Å². The number of carbonyl (C=O) groups is 2. The molecule has 1 aliphatic rings. The predicted octanol–water partition coefficient (Wildman–Crippen LogP) is 3.35. The maximum Gasteiger partial charge on any atom is 0.416 e. The third kappa shape index (κ3) is 2.91. The molecule has 0 spiro atoms. The standard InChI is InChI=1S/C18H15NO3/c20-17(19-12-13-22-18(19)21)11-10-15-8-4-5-9-16(15)14-6-2-1-3-7-14/h1-11H,12-13H2. The first kappa shape index (κ1) is 14.1. The van der Waals surface area contributed by atoms with Crippen molar-refractivity contribution < 1.29 is 14.3 Å². The van der Waals surface area contributed by atoms with E-state index in [0.29, 0.717) is 6.54 Å². The molecule has 1 heterocycles. The minimum atomic E-state index is -0.578. The summed E-state index contributed by atoms with van der Waals surface area (Å²) in [5.74, 6) is -0.356. The van der Waals surface area contributed by atoms with Crippen LogP contribution in [-0.2, 0) is 9.53 Å². The molecule has 110 valence electrons. The highest BCUT2D eigenvalue weighted by Gasteiger charge is 2.26. The summed E-state index contributed by atoms with van der Waals surface area (Å²) in [6.45, 7) is 0.571. The Morgan fingerprint density at radius 3 is 2.50 bits per heavy atom. The van der Waals surface area contributed by atoms with E-state index in [4.69, 9.17) is 4.74 Å². The molecule has 2 aromatic rings. The average Bonchev–Trinajstić information content (AvgIpc) is 3.00. The van der Waals surface area contributed by atoms with Gasteiger partial charge in [-0.3, -0.25) is 4.79 Å². The third-order valence-corrected chi connectivity index (χ3v) is 3.48. The molecule has 0 unspecified atom stereocenters. The van der Waals surface area contributed by atoms with E-state index in [1.165, 1.54) is 6.08 Å². The van der Waals surface area contributed by atoms with E-state index in [1.807, 2.05) is 54.6 Å². The lowest BCUT2D eigenvalue weighted by molar-refractivity contribution is -0.122. The van der Waals surface area contributed by atoms with Crippen molar-refractivity contribution in [1.82, 2.24) is 4.90 Å². The molecule has 0 bridgehead atoms. The minimum absolute atomic E-state index is 0.263.